The molecular weight excluding hydrogens is 306 g/mol. The van der Waals surface area contributed by atoms with Gasteiger partial charge in [-0.15, -0.1) is 0 Å². The van der Waals surface area contributed by atoms with Gasteiger partial charge in [-0.1, -0.05) is 28.7 Å². The van der Waals surface area contributed by atoms with Crippen molar-refractivity contribution < 1.29 is 4.79 Å². The zero-order chi connectivity index (χ0) is 15.0. The van der Waals surface area contributed by atoms with Gasteiger partial charge in [0.1, 0.15) is 6.54 Å². The second kappa shape index (κ2) is 5.42. The summed E-state index contributed by atoms with van der Waals surface area (Å²) in [5.74, 6) is -0.241. The molecule has 2 aromatic heterocycles. The molecule has 0 aliphatic rings. The Labute approximate surface area is 128 Å². The number of hydrogen-bond acceptors (Lipinski definition) is 5. The fourth-order valence-corrected chi connectivity index (χ4v) is 3.70. The number of carbonyl (C=O) groups is 1. The van der Waals surface area contributed by atoms with Gasteiger partial charge in [0.15, 0.2) is 5.13 Å². The molecule has 5 nitrogen and oxygen atoms in total. The van der Waals surface area contributed by atoms with Crippen molar-refractivity contribution in [2.24, 2.45) is 0 Å². The summed E-state index contributed by atoms with van der Waals surface area (Å²) in [5, 5.41) is 5.06. The largest absolute Gasteiger partial charge is 0.307 e. The van der Waals surface area contributed by atoms with E-state index in [1.54, 1.807) is 5.38 Å². The highest BCUT2D eigenvalue weighted by Crippen LogP contribution is 2.26. The Kier molecular flexibility index (Phi) is 3.60. The molecule has 2 heterocycles. The molecule has 0 aliphatic carbocycles. The predicted octanol–water partition coefficient (Wildman–Crippen LogP) is 2.78. The fourth-order valence-electron chi connectivity index (χ4n) is 1.98. The number of anilines is 1. The second-order valence-corrected chi connectivity index (χ2v) is 6.62. The summed E-state index contributed by atoms with van der Waals surface area (Å²) >= 11 is 2.53. The lowest BCUT2D eigenvalue weighted by molar-refractivity contribution is -0.116. The first-order valence-corrected chi connectivity index (χ1v) is 8.04. The molecule has 0 unspecified atom stereocenters. The van der Waals surface area contributed by atoms with Crippen molar-refractivity contribution in [1.82, 2.24) is 9.55 Å². The van der Waals surface area contributed by atoms with Gasteiger partial charge in [0.25, 0.3) is 0 Å². The minimum absolute atomic E-state index is 0.0170. The van der Waals surface area contributed by atoms with Crippen LogP contribution in [-0.2, 0) is 11.3 Å². The predicted molar refractivity (Wildman–Crippen MR) is 86.3 cm³/mol. The van der Waals surface area contributed by atoms with Gasteiger partial charge in [-0.25, -0.2) is 4.98 Å². The van der Waals surface area contributed by atoms with Crippen molar-refractivity contribution in [3.63, 3.8) is 0 Å². The Bertz CT molecular complexity index is 876. The number of hydrogen-bond donors (Lipinski definition) is 1. The Morgan fingerprint density at radius 2 is 2.19 bits per heavy atom. The van der Waals surface area contributed by atoms with Crippen LogP contribution in [0.4, 0.5) is 5.13 Å². The Morgan fingerprint density at radius 1 is 1.38 bits per heavy atom. The second-order valence-electron chi connectivity index (χ2n) is 4.77. The smallest absolute Gasteiger partial charge is 0.300 e. The van der Waals surface area contributed by atoms with Crippen LogP contribution >= 0.6 is 22.7 Å². The number of carbonyl (C=O) groups excluding carboxylic acids is 1. The van der Waals surface area contributed by atoms with Crippen LogP contribution in [0.2, 0.25) is 0 Å². The first kappa shape index (κ1) is 14.0. The van der Waals surface area contributed by atoms with E-state index in [-0.39, 0.29) is 17.3 Å². The summed E-state index contributed by atoms with van der Waals surface area (Å²) < 4.78 is 2.49. The topological polar surface area (TPSA) is 64.0 Å². The van der Waals surface area contributed by atoms with Crippen LogP contribution in [0, 0.1) is 13.8 Å². The van der Waals surface area contributed by atoms with E-state index in [1.807, 2.05) is 32.0 Å². The molecule has 0 fully saturated rings. The highest BCUT2D eigenvalue weighted by Gasteiger charge is 2.11. The lowest BCUT2D eigenvalue weighted by Crippen LogP contribution is -2.25. The third-order valence-electron chi connectivity index (χ3n) is 3.07. The minimum Gasteiger partial charge on any atom is -0.300 e. The van der Waals surface area contributed by atoms with Gasteiger partial charge in [0.2, 0.25) is 5.91 Å². The average Bonchev–Trinajstić information content (AvgIpc) is 2.95. The Hall–Kier alpha value is -1.99. The monoisotopic (exact) mass is 319 g/mol. The number of rotatable bonds is 3. The third kappa shape index (κ3) is 2.88. The highest BCUT2D eigenvalue weighted by molar-refractivity contribution is 7.22. The molecule has 108 valence electrons. The molecule has 3 rings (SSSR count). The van der Waals surface area contributed by atoms with Crippen molar-refractivity contribution in [2.45, 2.75) is 20.4 Å². The van der Waals surface area contributed by atoms with E-state index < -0.39 is 0 Å². The van der Waals surface area contributed by atoms with Crippen molar-refractivity contribution in [2.75, 3.05) is 5.32 Å². The van der Waals surface area contributed by atoms with E-state index in [0.29, 0.717) is 5.13 Å². The van der Waals surface area contributed by atoms with Gasteiger partial charge < -0.3 is 5.32 Å². The number of nitrogens with one attached hydrogen (secondary N) is 1. The molecule has 3 aromatic rings. The quantitative estimate of drug-likeness (QED) is 0.807. The van der Waals surface area contributed by atoms with Crippen molar-refractivity contribution in [1.29, 1.82) is 0 Å². The summed E-state index contributed by atoms with van der Waals surface area (Å²) in [6, 6.07) is 5.96. The number of aryl methyl sites for hydroxylation is 2. The van der Waals surface area contributed by atoms with Gasteiger partial charge in [0, 0.05) is 11.1 Å². The van der Waals surface area contributed by atoms with Crippen molar-refractivity contribution in [3.05, 3.63) is 44.5 Å². The van der Waals surface area contributed by atoms with Crippen molar-refractivity contribution in [3.8, 4) is 0 Å². The lowest BCUT2D eigenvalue weighted by atomic mass is 10.2. The number of aromatic nitrogens is 2. The molecule has 0 atom stereocenters. The maximum Gasteiger partial charge on any atom is 0.307 e. The average molecular weight is 319 g/mol. The van der Waals surface area contributed by atoms with Gasteiger partial charge >= 0.3 is 4.87 Å². The molecule has 1 aromatic carbocycles. The van der Waals surface area contributed by atoms with Crippen molar-refractivity contribution >= 4 is 43.9 Å². The number of amides is 1. The van der Waals surface area contributed by atoms with Crippen LogP contribution in [0.25, 0.3) is 10.2 Å². The molecule has 0 spiro atoms. The first-order valence-electron chi connectivity index (χ1n) is 6.35. The normalized spacial score (nSPS) is 11.0. The SMILES string of the molecule is Cc1ccc2nc(NC(=O)Cn3c(C)csc3=O)sc2c1. The maximum atomic E-state index is 12.0. The van der Waals surface area contributed by atoms with Crippen LogP contribution in [0.15, 0.2) is 28.4 Å². The third-order valence-corrected chi connectivity index (χ3v) is 4.88. The van der Waals surface area contributed by atoms with Crippen LogP contribution < -0.4 is 10.2 Å². The molecule has 0 saturated heterocycles. The molecule has 21 heavy (non-hydrogen) atoms. The van der Waals surface area contributed by atoms with Gasteiger partial charge in [0.05, 0.1) is 10.2 Å². The standard InChI is InChI=1S/C14H13N3O2S2/c1-8-3-4-10-11(5-8)21-13(15-10)16-12(18)6-17-9(2)7-20-14(17)19/h3-5,7H,6H2,1-2H3,(H,15,16,18). The van der Waals surface area contributed by atoms with E-state index in [2.05, 4.69) is 10.3 Å². The summed E-state index contributed by atoms with van der Waals surface area (Å²) in [7, 11) is 0. The van der Waals surface area contributed by atoms with E-state index in [9.17, 15) is 9.59 Å². The Balaban J connectivity index is 1.78. The molecule has 0 bridgehead atoms. The first-order chi connectivity index (χ1) is 10.0. The lowest BCUT2D eigenvalue weighted by Gasteiger charge is -2.03. The van der Waals surface area contributed by atoms with Gasteiger partial charge in [-0.3, -0.25) is 14.2 Å². The van der Waals surface area contributed by atoms with Crippen LogP contribution in [0.5, 0.6) is 0 Å². The molecule has 1 N–H and O–H groups in total. The Morgan fingerprint density at radius 3 is 2.90 bits per heavy atom. The summed E-state index contributed by atoms with van der Waals surface area (Å²) in [6.07, 6.45) is 0. The van der Waals surface area contributed by atoms with E-state index in [4.69, 9.17) is 0 Å². The van der Waals surface area contributed by atoms with Gasteiger partial charge in [-0.05, 0) is 31.5 Å². The van der Waals surface area contributed by atoms with E-state index in [0.717, 1.165) is 32.8 Å². The highest BCUT2D eigenvalue weighted by atomic mass is 32.1. The number of benzene rings is 1. The summed E-state index contributed by atoms with van der Waals surface area (Å²) in [6.45, 7) is 3.85. The van der Waals surface area contributed by atoms with Gasteiger partial charge in [-0.2, -0.15) is 0 Å². The minimum atomic E-state index is -0.241. The molecular formula is C14H13N3O2S2. The number of fused-ring (bicyclic) bond motifs is 1. The van der Waals surface area contributed by atoms with Crippen LogP contribution in [-0.4, -0.2) is 15.5 Å². The molecule has 0 saturated carbocycles. The van der Waals surface area contributed by atoms with E-state index in [1.165, 1.54) is 15.9 Å². The molecule has 0 aliphatic heterocycles. The van der Waals surface area contributed by atoms with E-state index >= 15 is 0 Å². The zero-order valence-electron chi connectivity index (χ0n) is 11.5. The molecule has 7 heteroatoms. The zero-order valence-corrected chi connectivity index (χ0v) is 13.2. The molecule has 0 radical (unpaired) electrons. The number of thiazole rings is 2. The fraction of sp³-hybridized carbons (Fsp3) is 0.214. The summed E-state index contributed by atoms with van der Waals surface area (Å²) in [4.78, 5) is 27.9. The maximum absolute atomic E-state index is 12.0. The van der Waals surface area contributed by atoms with Crippen LogP contribution in [0.1, 0.15) is 11.3 Å². The molecule has 1 amide bonds. The number of nitrogens with zero attached hydrogens (tertiary/aromatic N) is 2. The summed E-state index contributed by atoms with van der Waals surface area (Å²) in [5.41, 5.74) is 2.81. The van der Waals surface area contributed by atoms with Crippen LogP contribution in [0.3, 0.4) is 0 Å².